The number of nitrogens with zero attached hydrogens (tertiary/aromatic N) is 1. The van der Waals surface area contributed by atoms with Crippen LogP contribution in [0.3, 0.4) is 0 Å². The Morgan fingerprint density at radius 1 is 0.829 bits per heavy atom. The number of fused-ring (bicyclic) bond motifs is 1. The fourth-order valence-electron chi connectivity index (χ4n) is 3.55. The molecular weight excluding hydrogens is 442 g/mol. The van der Waals surface area contributed by atoms with Crippen molar-refractivity contribution in [1.82, 2.24) is 5.43 Å². The van der Waals surface area contributed by atoms with E-state index in [0.29, 0.717) is 23.8 Å². The highest BCUT2D eigenvalue weighted by molar-refractivity contribution is 6.39. The minimum atomic E-state index is -0.884. The van der Waals surface area contributed by atoms with Crippen LogP contribution in [-0.4, -0.2) is 24.6 Å². The van der Waals surface area contributed by atoms with Gasteiger partial charge in [-0.25, -0.2) is 5.43 Å². The molecule has 0 spiro atoms. The first-order valence-corrected chi connectivity index (χ1v) is 11.0. The summed E-state index contributed by atoms with van der Waals surface area (Å²) in [6.45, 7) is 2.19. The summed E-state index contributed by atoms with van der Waals surface area (Å²) in [4.78, 5) is 24.3. The van der Waals surface area contributed by atoms with Crippen molar-refractivity contribution >= 4 is 34.0 Å². The predicted molar refractivity (Wildman–Crippen MR) is 137 cm³/mol. The van der Waals surface area contributed by atoms with Crippen LogP contribution in [0.25, 0.3) is 10.8 Å². The molecule has 0 aromatic heterocycles. The first-order chi connectivity index (χ1) is 17.0. The van der Waals surface area contributed by atoms with Gasteiger partial charge in [-0.3, -0.25) is 9.59 Å². The van der Waals surface area contributed by atoms with E-state index in [9.17, 15) is 9.59 Å². The Morgan fingerprint density at radius 3 is 2.34 bits per heavy atom. The van der Waals surface area contributed by atoms with Crippen molar-refractivity contribution in [3.05, 3.63) is 102 Å². The molecule has 0 radical (unpaired) electrons. The van der Waals surface area contributed by atoms with Crippen LogP contribution in [0.2, 0.25) is 0 Å². The summed E-state index contributed by atoms with van der Waals surface area (Å²) in [5, 5.41) is 8.89. The maximum absolute atomic E-state index is 12.2. The third-order valence-electron chi connectivity index (χ3n) is 5.43. The number of hydrazone groups is 1. The maximum atomic E-state index is 12.2. The van der Waals surface area contributed by atoms with E-state index in [2.05, 4.69) is 40.1 Å². The van der Waals surface area contributed by atoms with Gasteiger partial charge in [0.1, 0.15) is 18.1 Å². The highest BCUT2D eigenvalue weighted by Crippen LogP contribution is 2.23. The van der Waals surface area contributed by atoms with E-state index in [0.717, 1.165) is 16.9 Å². The number of amides is 2. The topological polar surface area (TPSA) is 89.0 Å². The van der Waals surface area contributed by atoms with Gasteiger partial charge in [-0.05, 0) is 65.2 Å². The second kappa shape index (κ2) is 11.0. The largest absolute Gasteiger partial charge is 0.495 e. The first kappa shape index (κ1) is 23.5. The Bertz CT molecular complexity index is 1380. The summed E-state index contributed by atoms with van der Waals surface area (Å²) in [6.07, 6.45) is 0. The van der Waals surface area contributed by atoms with Gasteiger partial charge in [0.2, 0.25) is 0 Å². The van der Waals surface area contributed by atoms with Gasteiger partial charge in [-0.1, -0.05) is 54.6 Å². The van der Waals surface area contributed by atoms with Crippen LogP contribution in [-0.2, 0) is 16.2 Å². The highest BCUT2D eigenvalue weighted by atomic mass is 16.5. The van der Waals surface area contributed by atoms with Crippen molar-refractivity contribution < 1.29 is 19.1 Å². The molecule has 0 fully saturated rings. The van der Waals surface area contributed by atoms with Crippen LogP contribution in [0.4, 0.5) is 5.69 Å². The lowest BCUT2D eigenvalue weighted by molar-refractivity contribution is -0.136. The van der Waals surface area contributed by atoms with Crippen LogP contribution in [0.15, 0.2) is 96.1 Å². The summed E-state index contributed by atoms with van der Waals surface area (Å²) in [7, 11) is 1.48. The molecule has 7 nitrogen and oxygen atoms in total. The first-order valence-electron chi connectivity index (χ1n) is 11.0. The second-order valence-corrected chi connectivity index (χ2v) is 7.74. The van der Waals surface area contributed by atoms with Gasteiger partial charge < -0.3 is 14.8 Å². The number of hydrogen-bond donors (Lipinski definition) is 2. The van der Waals surface area contributed by atoms with E-state index < -0.39 is 11.8 Å². The fourth-order valence-corrected chi connectivity index (χ4v) is 3.55. The van der Waals surface area contributed by atoms with Crippen molar-refractivity contribution in [3.63, 3.8) is 0 Å². The van der Waals surface area contributed by atoms with Gasteiger partial charge >= 0.3 is 11.8 Å². The van der Waals surface area contributed by atoms with Crippen molar-refractivity contribution in [2.75, 3.05) is 12.4 Å². The number of anilines is 1. The molecule has 0 saturated heterocycles. The SMILES string of the molecule is COc1ccccc1NC(=O)C(=O)N/N=C(\C)c1ccc(OCc2cccc3ccccc23)cc1. The second-order valence-electron chi connectivity index (χ2n) is 7.74. The number of para-hydroxylation sites is 2. The number of hydrogen-bond acceptors (Lipinski definition) is 5. The molecular formula is C28H25N3O4. The van der Waals surface area contributed by atoms with E-state index in [1.54, 1.807) is 31.2 Å². The molecule has 0 atom stereocenters. The number of nitrogens with one attached hydrogen (secondary N) is 2. The zero-order valence-corrected chi connectivity index (χ0v) is 19.4. The Hall–Kier alpha value is -4.65. The molecule has 0 bridgehead atoms. The summed E-state index contributed by atoms with van der Waals surface area (Å²) in [5.41, 5.74) is 5.12. The Kier molecular flexibility index (Phi) is 7.37. The molecule has 0 aliphatic rings. The average molecular weight is 468 g/mol. The summed E-state index contributed by atoms with van der Waals surface area (Å²) in [6, 6.07) is 28.6. The lowest BCUT2D eigenvalue weighted by atomic mass is 10.1. The molecule has 0 aliphatic carbocycles. The number of benzene rings is 4. The zero-order valence-electron chi connectivity index (χ0n) is 19.4. The lowest BCUT2D eigenvalue weighted by Gasteiger charge is -2.10. The van der Waals surface area contributed by atoms with Crippen LogP contribution >= 0.6 is 0 Å². The van der Waals surface area contributed by atoms with Crippen LogP contribution < -0.4 is 20.2 Å². The normalized spacial score (nSPS) is 11.1. The number of methoxy groups -OCH3 is 1. The van der Waals surface area contributed by atoms with E-state index >= 15 is 0 Å². The smallest absolute Gasteiger partial charge is 0.329 e. The number of rotatable bonds is 7. The third-order valence-corrected chi connectivity index (χ3v) is 5.43. The van der Waals surface area contributed by atoms with E-state index in [1.807, 2.05) is 42.5 Å². The molecule has 0 saturated carbocycles. The lowest BCUT2D eigenvalue weighted by Crippen LogP contribution is -2.33. The molecule has 176 valence electrons. The van der Waals surface area contributed by atoms with Gasteiger partial charge in [0, 0.05) is 0 Å². The minimum absolute atomic E-state index is 0.398. The summed E-state index contributed by atoms with van der Waals surface area (Å²) in [5.74, 6) is -0.556. The Labute approximate surface area is 203 Å². The van der Waals surface area contributed by atoms with E-state index in [-0.39, 0.29) is 0 Å². The van der Waals surface area contributed by atoms with E-state index in [4.69, 9.17) is 9.47 Å². The zero-order chi connectivity index (χ0) is 24.6. The van der Waals surface area contributed by atoms with Crippen LogP contribution in [0, 0.1) is 0 Å². The third kappa shape index (κ3) is 5.83. The standard InChI is InChI=1S/C28H25N3O4/c1-19(30-31-28(33)27(32)29-25-12-5-6-13-26(25)34-2)20-14-16-23(17-15-20)35-18-22-10-7-9-21-8-3-4-11-24(21)22/h3-17H,18H2,1-2H3,(H,29,32)(H,31,33)/b30-19+. The fraction of sp³-hybridized carbons (Fsp3) is 0.107. The van der Waals surface area contributed by atoms with Gasteiger partial charge in [-0.15, -0.1) is 0 Å². The van der Waals surface area contributed by atoms with E-state index in [1.165, 1.54) is 17.9 Å². The molecule has 2 amide bonds. The van der Waals surface area contributed by atoms with Crippen molar-refractivity contribution in [3.8, 4) is 11.5 Å². The van der Waals surface area contributed by atoms with Gasteiger partial charge in [-0.2, -0.15) is 5.10 Å². The molecule has 0 heterocycles. The quantitative estimate of drug-likeness (QED) is 0.230. The molecule has 35 heavy (non-hydrogen) atoms. The number of carbonyl (C=O) groups is 2. The van der Waals surface area contributed by atoms with Crippen molar-refractivity contribution in [2.45, 2.75) is 13.5 Å². The minimum Gasteiger partial charge on any atom is -0.495 e. The van der Waals surface area contributed by atoms with Gasteiger partial charge in [0.05, 0.1) is 18.5 Å². The Morgan fingerprint density at radius 2 is 1.54 bits per heavy atom. The Balaban J connectivity index is 1.34. The average Bonchev–Trinajstić information content (AvgIpc) is 2.90. The van der Waals surface area contributed by atoms with Crippen molar-refractivity contribution in [1.29, 1.82) is 0 Å². The number of carbonyl (C=O) groups excluding carboxylic acids is 2. The predicted octanol–water partition coefficient (Wildman–Crippen LogP) is 4.91. The maximum Gasteiger partial charge on any atom is 0.329 e. The molecule has 7 heteroatoms. The monoisotopic (exact) mass is 467 g/mol. The number of ether oxygens (including phenoxy) is 2. The molecule has 0 aliphatic heterocycles. The summed E-state index contributed by atoms with van der Waals surface area (Å²) >= 11 is 0. The molecule has 2 N–H and O–H groups in total. The van der Waals surface area contributed by atoms with Gasteiger partial charge in [0.25, 0.3) is 0 Å². The van der Waals surface area contributed by atoms with Crippen LogP contribution in [0.1, 0.15) is 18.1 Å². The van der Waals surface area contributed by atoms with Crippen LogP contribution in [0.5, 0.6) is 11.5 Å². The molecule has 0 unspecified atom stereocenters. The summed E-state index contributed by atoms with van der Waals surface area (Å²) < 4.78 is 11.1. The highest BCUT2D eigenvalue weighted by Gasteiger charge is 2.15. The van der Waals surface area contributed by atoms with Crippen molar-refractivity contribution in [2.24, 2.45) is 5.10 Å². The molecule has 4 aromatic carbocycles. The molecule has 4 rings (SSSR count). The molecule has 4 aromatic rings. The van der Waals surface area contributed by atoms with Gasteiger partial charge in [0.15, 0.2) is 0 Å².